The number of rotatable bonds is 3. The van der Waals surface area contributed by atoms with Crippen molar-refractivity contribution in [3.05, 3.63) is 66.4 Å². The van der Waals surface area contributed by atoms with Crippen LogP contribution in [0.5, 0.6) is 5.75 Å². The zero-order valence-electron chi connectivity index (χ0n) is 13.5. The Morgan fingerprint density at radius 1 is 1.28 bits per heavy atom. The lowest BCUT2D eigenvalue weighted by Crippen LogP contribution is -2.16. The van der Waals surface area contributed by atoms with Crippen molar-refractivity contribution in [3.8, 4) is 11.6 Å². The molecule has 0 saturated carbocycles. The van der Waals surface area contributed by atoms with Gasteiger partial charge in [0.2, 0.25) is 0 Å². The number of hydrogen-bond acceptors (Lipinski definition) is 5. The molecule has 0 aliphatic carbocycles. The van der Waals surface area contributed by atoms with Gasteiger partial charge in [-0.2, -0.15) is 0 Å². The van der Waals surface area contributed by atoms with Gasteiger partial charge in [0.1, 0.15) is 24.5 Å². The third-order valence-corrected chi connectivity index (χ3v) is 3.96. The normalized spacial score (nSPS) is 13.4. The third-order valence-electron chi connectivity index (χ3n) is 3.96. The smallest absolute Gasteiger partial charge is 0.259 e. The fourth-order valence-electron chi connectivity index (χ4n) is 2.73. The van der Waals surface area contributed by atoms with Crippen molar-refractivity contribution in [2.75, 3.05) is 18.5 Å². The van der Waals surface area contributed by atoms with Gasteiger partial charge in [-0.05, 0) is 18.2 Å². The van der Waals surface area contributed by atoms with Gasteiger partial charge in [0, 0.05) is 31.0 Å². The maximum absolute atomic E-state index is 12.7. The van der Waals surface area contributed by atoms with E-state index in [4.69, 9.17) is 4.74 Å². The SMILES string of the molecule is O=C(Nc1ccc(-n2ccnc2)nc1)c1cccc2c1OCCNC2. The van der Waals surface area contributed by atoms with Gasteiger partial charge < -0.3 is 15.4 Å². The highest BCUT2D eigenvalue weighted by Gasteiger charge is 2.18. The molecule has 1 amide bonds. The molecule has 0 fully saturated rings. The van der Waals surface area contributed by atoms with Gasteiger partial charge in [-0.3, -0.25) is 9.36 Å². The first-order valence-corrected chi connectivity index (χ1v) is 8.02. The average molecular weight is 335 g/mol. The largest absolute Gasteiger partial charge is 0.491 e. The highest BCUT2D eigenvalue weighted by atomic mass is 16.5. The van der Waals surface area contributed by atoms with Crippen LogP contribution in [-0.2, 0) is 6.54 Å². The van der Waals surface area contributed by atoms with E-state index < -0.39 is 0 Å². The molecule has 7 heteroatoms. The third kappa shape index (κ3) is 3.22. The maximum Gasteiger partial charge on any atom is 0.259 e. The van der Waals surface area contributed by atoms with E-state index in [-0.39, 0.29) is 5.91 Å². The van der Waals surface area contributed by atoms with E-state index in [1.54, 1.807) is 29.4 Å². The molecule has 7 nitrogen and oxygen atoms in total. The number of nitrogens with zero attached hydrogens (tertiary/aromatic N) is 3. The minimum atomic E-state index is -0.212. The fraction of sp³-hybridized carbons (Fsp3) is 0.167. The Bertz CT molecular complexity index is 875. The number of aromatic nitrogens is 3. The van der Waals surface area contributed by atoms with Crippen LogP contribution in [0.2, 0.25) is 0 Å². The van der Waals surface area contributed by atoms with Crippen LogP contribution in [0.3, 0.4) is 0 Å². The Morgan fingerprint density at radius 2 is 2.24 bits per heavy atom. The quantitative estimate of drug-likeness (QED) is 0.765. The lowest BCUT2D eigenvalue weighted by molar-refractivity contribution is 0.102. The zero-order chi connectivity index (χ0) is 17.1. The number of carbonyl (C=O) groups excluding carboxylic acids is 1. The average Bonchev–Trinajstić information content (AvgIpc) is 3.07. The van der Waals surface area contributed by atoms with Gasteiger partial charge in [-0.15, -0.1) is 0 Å². The van der Waals surface area contributed by atoms with Crippen LogP contribution in [0, 0.1) is 0 Å². The van der Waals surface area contributed by atoms with E-state index in [0.717, 1.165) is 17.9 Å². The molecule has 25 heavy (non-hydrogen) atoms. The van der Waals surface area contributed by atoms with Crippen molar-refractivity contribution in [1.82, 2.24) is 19.9 Å². The lowest BCUT2D eigenvalue weighted by Gasteiger charge is -2.12. The minimum absolute atomic E-state index is 0.212. The molecule has 1 aliphatic rings. The Kier molecular flexibility index (Phi) is 4.14. The molecule has 2 N–H and O–H groups in total. The van der Waals surface area contributed by atoms with Crippen LogP contribution in [-0.4, -0.2) is 33.6 Å². The van der Waals surface area contributed by atoms with E-state index in [1.807, 2.05) is 30.5 Å². The number of fused-ring (bicyclic) bond motifs is 1. The summed E-state index contributed by atoms with van der Waals surface area (Å²) in [5.74, 6) is 1.17. The van der Waals surface area contributed by atoms with Crippen LogP contribution in [0.1, 0.15) is 15.9 Å². The monoisotopic (exact) mass is 335 g/mol. The number of pyridine rings is 1. The number of amides is 1. The molecule has 0 atom stereocenters. The van der Waals surface area contributed by atoms with E-state index in [1.165, 1.54) is 0 Å². The van der Waals surface area contributed by atoms with Gasteiger partial charge in [0.05, 0.1) is 17.4 Å². The maximum atomic E-state index is 12.7. The highest BCUT2D eigenvalue weighted by molar-refractivity contribution is 6.06. The summed E-state index contributed by atoms with van der Waals surface area (Å²) >= 11 is 0. The first-order valence-electron chi connectivity index (χ1n) is 8.02. The van der Waals surface area contributed by atoms with Gasteiger partial charge >= 0.3 is 0 Å². The first kappa shape index (κ1) is 15.3. The van der Waals surface area contributed by atoms with Gasteiger partial charge in [-0.1, -0.05) is 12.1 Å². The van der Waals surface area contributed by atoms with Crippen molar-refractivity contribution < 1.29 is 9.53 Å². The van der Waals surface area contributed by atoms with Crippen molar-refractivity contribution >= 4 is 11.6 Å². The summed E-state index contributed by atoms with van der Waals surface area (Å²) in [7, 11) is 0. The van der Waals surface area contributed by atoms with Crippen molar-refractivity contribution in [3.63, 3.8) is 0 Å². The van der Waals surface area contributed by atoms with Gasteiger partial charge in [-0.25, -0.2) is 9.97 Å². The molecule has 0 bridgehead atoms. The molecule has 0 spiro atoms. The van der Waals surface area contributed by atoms with Crippen LogP contribution < -0.4 is 15.4 Å². The molecule has 126 valence electrons. The molecule has 4 rings (SSSR count). The molecular weight excluding hydrogens is 318 g/mol. The number of imidazole rings is 1. The summed E-state index contributed by atoms with van der Waals surface area (Å²) in [5, 5.41) is 6.14. The molecule has 0 saturated heterocycles. The number of anilines is 1. The van der Waals surface area contributed by atoms with Crippen molar-refractivity contribution in [1.29, 1.82) is 0 Å². The summed E-state index contributed by atoms with van der Waals surface area (Å²) in [6.07, 6.45) is 6.79. The van der Waals surface area contributed by atoms with Gasteiger partial charge in [0.25, 0.3) is 5.91 Å². The Labute approximate surface area is 144 Å². The topological polar surface area (TPSA) is 81.1 Å². The standard InChI is InChI=1S/C18H17N5O2/c24-18(15-3-1-2-13-10-19-7-9-25-17(13)15)22-14-4-5-16(21-11-14)23-8-6-20-12-23/h1-6,8,11-12,19H,7,9-10H2,(H,22,24). The number of para-hydroxylation sites is 1. The Balaban J connectivity index is 1.54. The summed E-state index contributed by atoms with van der Waals surface area (Å²) in [4.78, 5) is 21.0. The molecule has 1 aliphatic heterocycles. The van der Waals surface area contributed by atoms with E-state index >= 15 is 0 Å². The Hall–Kier alpha value is -3.19. The number of hydrogen-bond donors (Lipinski definition) is 2. The summed E-state index contributed by atoms with van der Waals surface area (Å²) in [6.45, 7) is 1.99. The molecule has 3 aromatic rings. The van der Waals surface area contributed by atoms with E-state index in [0.29, 0.717) is 30.2 Å². The zero-order valence-corrected chi connectivity index (χ0v) is 13.5. The number of carbonyl (C=O) groups is 1. The van der Waals surface area contributed by atoms with Crippen LogP contribution in [0.15, 0.2) is 55.2 Å². The Morgan fingerprint density at radius 3 is 3.04 bits per heavy atom. The summed E-state index contributed by atoms with van der Waals surface area (Å²) in [6, 6.07) is 9.23. The molecule has 0 unspecified atom stereocenters. The summed E-state index contributed by atoms with van der Waals surface area (Å²) < 4.78 is 7.55. The second-order valence-corrected chi connectivity index (χ2v) is 5.65. The second kappa shape index (κ2) is 6.74. The predicted octanol–water partition coefficient (Wildman–Crippen LogP) is 2.00. The van der Waals surface area contributed by atoms with Crippen molar-refractivity contribution in [2.45, 2.75) is 6.54 Å². The number of benzene rings is 1. The first-order chi connectivity index (χ1) is 12.3. The number of nitrogens with one attached hydrogen (secondary N) is 2. The molecule has 0 radical (unpaired) electrons. The van der Waals surface area contributed by atoms with Crippen molar-refractivity contribution in [2.24, 2.45) is 0 Å². The summed E-state index contributed by atoms with van der Waals surface area (Å²) in [5.41, 5.74) is 2.14. The van der Waals surface area contributed by atoms with Crippen LogP contribution in [0.25, 0.3) is 5.82 Å². The molecule has 1 aromatic carbocycles. The van der Waals surface area contributed by atoms with E-state index in [9.17, 15) is 4.79 Å². The highest BCUT2D eigenvalue weighted by Crippen LogP contribution is 2.26. The fourth-order valence-corrected chi connectivity index (χ4v) is 2.73. The van der Waals surface area contributed by atoms with Gasteiger partial charge in [0.15, 0.2) is 0 Å². The minimum Gasteiger partial charge on any atom is -0.491 e. The molecule has 3 heterocycles. The molecular formula is C18H17N5O2. The lowest BCUT2D eigenvalue weighted by atomic mass is 10.1. The van der Waals surface area contributed by atoms with Crippen LogP contribution in [0.4, 0.5) is 5.69 Å². The second-order valence-electron chi connectivity index (χ2n) is 5.65. The molecule has 2 aromatic heterocycles. The van der Waals surface area contributed by atoms with E-state index in [2.05, 4.69) is 20.6 Å². The number of ether oxygens (including phenoxy) is 1. The van der Waals surface area contributed by atoms with Crippen LogP contribution >= 0.6 is 0 Å². The predicted molar refractivity (Wildman–Crippen MR) is 93.0 cm³/mol.